The lowest BCUT2D eigenvalue weighted by molar-refractivity contribution is 0.120. The monoisotopic (exact) mass is 432 g/mol. The first-order valence-corrected chi connectivity index (χ1v) is 12.1. The van der Waals surface area contributed by atoms with Crippen LogP contribution in [0.3, 0.4) is 0 Å². The van der Waals surface area contributed by atoms with Crippen LogP contribution in [-0.2, 0) is 4.74 Å². The van der Waals surface area contributed by atoms with E-state index in [1.807, 2.05) is 18.2 Å². The van der Waals surface area contributed by atoms with Crippen LogP contribution in [0.2, 0.25) is 0 Å². The molecule has 1 fully saturated rings. The highest BCUT2D eigenvalue weighted by atomic mass is 32.2. The summed E-state index contributed by atoms with van der Waals surface area (Å²) in [6, 6.07) is 10.6. The second kappa shape index (κ2) is 8.40. The minimum atomic E-state index is 0.305. The summed E-state index contributed by atoms with van der Waals surface area (Å²) in [5, 5.41) is 22.6. The average Bonchev–Trinajstić information content (AvgIpc) is 3.51. The Morgan fingerprint density at radius 1 is 1.18 bits per heavy atom. The van der Waals surface area contributed by atoms with E-state index >= 15 is 0 Å². The van der Waals surface area contributed by atoms with E-state index in [4.69, 9.17) is 4.74 Å². The van der Waals surface area contributed by atoms with Crippen molar-refractivity contribution >= 4 is 40.0 Å². The first kappa shape index (κ1) is 18.4. The highest BCUT2D eigenvalue weighted by Crippen LogP contribution is 2.39. The van der Waals surface area contributed by atoms with Crippen LogP contribution < -0.4 is 5.32 Å². The highest BCUT2D eigenvalue weighted by Gasteiger charge is 2.28. The molecular formula is C18H20N6OS3. The van der Waals surface area contributed by atoms with Crippen molar-refractivity contribution in [2.24, 2.45) is 0 Å². The summed E-state index contributed by atoms with van der Waals surface area (Å²) in [5.41, 5.74) is 1.11. The molecule has 7 nitrogen and oxygen atoms in total. The molecule has 0 aliphatic carbocycles. The van der Waals surface area contributed by atoms with Gasteiger partial charge in [0.1, 0.15) is 0 Å². The number of ether oxygens (including phenoxy) is 1. The van der Waals surface area contributed by atoms with Crippen molar-refractivity contribution in [3.8, 4) is 11.4 Å². The summed E-state index contributed by atoms with van der Waals surface area (Å²) in [7, 11) is 0. The summed E-state index contributed by atoms with van der Waals surface area (Å²) >= 11 is 5.13. The Morgan fingerprint density at radius 3 is 2.96 bits per heavy atom. The number of aromatic nitrogens is 5. The van der Waals surface area contributed by atoms with E-state index in [0.29, 0.717) is 12.1 Å². The highest BCUT2D eigenvalue weighted by molar-refractivity contribution is 8.01. The topological polar surface area (TPSA) is 77.8 Å². The van der Waals surface area contributed by atoms with Crippen LogP contribution in [0.1, 0.15) is 18.9 Å². The minimum absolute atomic E-state index is 0.305. The molecule has 2 aromatic heterocycles. The Morgan fingerprint density at radius 2 is 2.11 bits per heavy atom. The van der Waals surface area contributed by atoms with E-state index in [-0.39, 0.29) is 0 Å². The van der Waals surface area contributed by atoms with Crippen molar-refractivity contribution in [3.05, 3.63) is 30.3 Å². The van der Waals surface area contributed by atoms with Crippen LogP contribution >= 0.6 is 34.9 Å². The van der Waals surface area contributed by atoms with Crippen LogP contribution in [0, 0.1) is 0 Å². The molecule has 0 radical (unpaired) electrons. The zero-order chi connectivity index (χ0) is 18.8. The van der Waals surface area contributed by atoms with Gasteiger partial charge in [-0.15, -0.1) is 20.4 Å². The zero-order valence-electron chi connectivity index (χ0n) is 15.2. The Balaban J connectivity index is 1.21. The van der Waals surface area contributed by atoms with E-state index in [2.05, 4.69) is 42.4 Å². The van der Waals surface area contributed by atoms with Gasteiger partial charge in [0.15, 0.2) is 15.3 Å². The van der Waals surface area contributed by atoms with Crippen molar-refractivity contribution in [1.29, 1.82) is 0 Å². The molecule has 28 heavy (non-hydrogen) atoms. The van der Waals surface area contributed by atoms with Crippen LogP contribution in [0.15, 0.2) is 39.8 Å². The van der Waals surface area contributed by atoms with E-state index in [9.17, 15) is 0 Å². The second-order valence-corrected chi connectivity index (χ2v) is 9.94. The zero-order valence-corrected chi connectivity index (χ0v) is 17.6. The number of fused-ring (bicyclic) bond motifs is 1. The molecule has 146 valence electrons. The molecule has 1 aromatic carbocycles. The molecule has 1 N–H and O–H groups in total. The number of hydrogen-bond donors (Lipinski definition) is 1. The third-order valence-electron chi connectivity index (χ3n) is 4.78. The number of benzene rings is 1. The molecule has 1 saturated heterocycles. The fourth-order valence-corrected chi connectivity index (χ4v) is 6.46. The lowest BCUT2D eigenvalue weighted by Gasteiger charge is -2.13. The molecule has 0 bridgehead atoms. The fraction of sp³-hybridized carbons (Fsp3) is 0.444. The van der Waals surface area contributed by atoms with Gasteiger partial charge in [-0.1, -0.05) is 65.2 Å². The third kappa shape index (κ3) is 3.91. The molecule has 2 aliphatic rings. The lowest BCUT2D eigenvalue weighted by Crippen LogP contribution is -2.18. The predicted molar refractivity (Wildman–Crippen MR) is 113 cm³/mol. The summed E-state index contributed by atoms with van der Waals surface area (Å²) in [5.74, 6) is 2.89. The summed E-state index contributed by atoms with van der Waals surface area (Å²) < 4.78 is 8.90. The van der Waals surface area contributed by atoms with E-state index in [0.717, 1.165) is 63.5 Å². The molecule has 0 spiro atoms. The molecule has 10 heteroatoms. The molecular weight excluding hydrogens is 412 g/mol. The Labute approximate surface area is 175 Å². The van der Waals surface area contributed by atoms with Crippen molar-refractivity contribution in [1.82, 2.24) is 25.0 Å². The van der Waals surface area contributed by atoms with E-state index in [1.54, 1.807) is 34.9 Å². The number of nitrogens with zero attached hydrogens (tertiary/aromatic N) is 5. The molecule has 2 aliphatic heterocycles. The first-order chi connectivity index (χ1) is 13.9. The van der Waals surface area contributed by atoms with Gasteiger partial charge in [0.2, 0.25) is 5.13 Å². The van der Waals surface area contributed by atoms with Gasteiger partial charge >= 0.3 is 0 Å². The number of thioether (sulfide) groups is 2. The maximum atomic E-state index is 5.64. The maximum Gasteiger partial charge on any atom is 0.206 e. The molecule has 0 saturated carbocycles. The smallest absolute Gasteiger partial charge is 0.206 e. The second-order valence-electron chi connectivity index (χ2n) is 6.71. The Kier molecular flexibility index (Phi) is 5.52. The van der Waals surface area contributed by atoms with Crippen molar-refractivity contribution in [2.75, 3.05) is 30.0 Å². The number of anilines is 1. The molecule has 0 unspecified atom stereocenters. The van der Waals surface area contributed by atoms with Gasteiger partial charge in [0.05, 0.1) is 12.1 Å². The van der Waals surface area contributed by atoms with Crippen LogP contribution in [0.5, 0.6) is 0 Å². The quantitative estimate of drug-likeness (QED) is 0.565. The summed E-state index contributed by atoms with van der Waals surface area (Å²) in [6.45, 7) is 1.68. The van der Waals surface area contributed by atoms with Gasteiger partial charge in [0.25, 0.3) is 0 Å². The number of nitrogens with one attached hydrogen (secondary N) is 1. The number of hydrogen-bond acceptors (Lipinski definition) is 9. The summed E-state index contributed by atoms with van der Waals surface area (Å²) in [6.07, 6.45) is 2.58. The fourth-order valence-electron chi connectivity index (χ4n) is 3.37. The van der Waals surface area contributed by atoms with Crippen LogP contribution in [-0.4, -0.2) is 55.7 Å². The largest absolute Gasteiger partial charge is 0.376 e. The SMILES string of the molecule is c1ccc(-c2nnc3n2[C@@H](CSc2nnc(NC[C@@H]4CCCO4)s2)CS3)cc1. The standard InChI is InChI=1S/C18H20N6OS3/c1-2-5-12(6-3-1)15-20-22-17-24(15)13(10-26-17)11-27-18-23-21-16(28-18)19-9-14-7-4-8-25-14/h1-3,5-6,13-14H,4,7-11H2,(H,19,21)/t13-,14+/m1/s1. The van der Waals surface area contributed by atoms with Gasteiger partial charge in [-0.05, 0) is 12.8 Å². The average molecular weight is 433 g/mol. The van der Waals surface area contributed by atoms with Gasteiger partial charge in [-0.3, -0.25) is 4.57 Å². The minimum Gasteiger partial charge on any atom is -0.376 e. The predicted octanol–water partition coefficient (Wildman–Crippen LogP) is 3.83. The molecule has 0 amide bonds. The Bertz CT molecular complexity index is 925. The maximum absolute atomic E-state index is 5.64. The third-order valence-corrected chi connectivity index (χ3v) is 8.02. The molecule has 2 atom stereocenters. The van der Waals surface area contributed by atoms with Crippen molar-refractivity contribution in [3.63, 3.8) is 0 Å². The van der Waals surface area contributed by atoms with Crippen molar-refractivity contribution < 1.29 is 4.74 Å². The van der Waals surface area contributed by atoms with Crippen molar-refractivity contribution in [2.45, 2.75) is 34.5 Å². The normalized spacial score (nSPS) is 21.1. The van der Waals surface area contributed by atoms with E-state index < -0.39 is 0 Å². The number of rotatable bonds is 7. The van der Waals surface area contributed by atoms with Gasteiger partial charge in [0, 0.05) is 30.2 Å². The van der Waals surface area contributed by atoms with Crippen LogP contribution in [0.25, 0.3) is 11.4 Å². The first-order valence-electron chi connectivity index (χ1n) is 9.32. The van der Waals surface area contributed by atoms with Crippen LogP contribution in [0.4, 0.5) is 5.13 Å². The van der Waals surface area contributed by atoms with Gasteiger partial charge in [-0.25, -0.2) is 0 Å². The lowest BCUT2D eigenvalue weighted by atomic mass is 10.2. The molecule has 3 aromatic rings. The Hall–Kier alpha value is -1.62. The van der Waals surface area contributed by atoms with Gasteiger partial charge < -0.3 is 10.1 Å². The van der Waals surface area contributed by atoms with Gasteiger partial charge in [-0.2, -0.15) is 0 Å². The molecule has 5 rings (SSSR count). The summed E-state index contributed by atoms with van der Waals surface area (Å²) in [4.78, 5) is 0. The van der Waals surface area contributed by atoms with E-state index in [1.165, 1.54) is 0 Å². The molecule has 4 heterocycles.